The molecule has 7 heteroatoms. The van der Waals surface area contributed by atoms with Gasteiger partial charge in [-0.05, 0) is 18.2 Å². The van der Waals surface area contributed by atoms with Gasteiger partial charge in [-0.2, -0.15) is 0 Å². The molecule has 0 amide bonds. The Labute approximate surface area is 117 Å². The molecule has 0 saturated heterocycles. The van der Waals surface area contributed by atoms with E-state index in [1.54, 1.807) is 18.2 Å². The number of carboxylic acids is 1. The van der Waals surface area contributed by atoms with Gasteiger partial charge in [0.2, 0.25) is 0 Å². The van der Waals surface area contributed by atoms with Crippen molar-refractivity contribution in [2.75, 3.05) is 0 Å². The summed E-state index contributed by atoms with van der Waals surface area (Å²) in [5, 5.41) is 13.4. The number of halogens is 2. The monoisotopic (exact) mass is 302 g/mol. The van der Waals surface area contributed by atoms with Gasteiger partial charge in [0, 0.05) is 15.4 Å². The molecule has 0 fully saturated rings. The van der Waals surface area contributed by atoms with Crippen molar-refractivity contribution in [1.29, 1.82) is 0 Å². The lowest BCUT2D eigenvalue weighted by Crippen LogP contribution is -2.22. The first-order valence-corrected chi connectivity index (χ1v) is 6.43. The van der Waals surface area contributed by atoms with Crippen molar-refractivity contribution < 1.29 is 14.6 Å². The molecule has 1 aromatic heterocycles. The lowest BCUT2D eigenvalue weighted by Gasteiger charge is -2.05. The highest BCUT2D eigenvalue weighted by molar-refractivity contribution is 7.09. The minimum atomic E-state index is -1.30. The average molecular weight is 303 g/mol. The minimum absolute atomic E-state index is 0.0947. The Morgan fingerprint density at radius 3 is 2.56 bits per heavy atom. The SMILES string of the molecule is O=C([O-])c1csc(COc2cc(Cl)cc(Cl)c2)n1. The summed E-state index contributed by atoms with van der Waals surface area (Å²) in [6.45, 7) is 0.147. The van der Waals surface area contributed by atoms with Crippen molar-refractivity contribution in [3.05, 3.63) is 44.3 Å². The summed E-state index contributed by atoms with van der Waals surface area (Å²) in [5.41, 5.74) is -0.0947. The maximum Gasteiger partial charge on any atom is 0.140 e. The second kappa shape index (κ2) is 5.56. The fourth-order valence-corrected chi connectivity index (χ4v) is 2.41. The Kier molecular flexibility index (Phi) is 4.06. The van der Waals surface area contributed by atoms with Gasteiger partial charge >= 0.3 is 0 Å². The molecule has 2 aromatic rings. The zero-order valence-corrected chi connectivity index (χ0v) is 11.2. The van der Waals surface area contributed by atoms with Crippen LogP contribution in [0.1, 0.15) is 15.5 Å². The van der Waals surface area contributed by atoms with Gasteiger partial charge in [-0.15, -0.1) is 11.3 Å². The second-order valence-corrected chi connectivity index (χ2v) is 5.12. The highest BCUT2D eigenvalue weighted by atomic mass is 35.5. The van der Waals surface area contributed by atoms with Gasteiger partial charge in [0.1, 0.15) is 17.4 Å². The summed E-state index contributed by atoms with van der Waals surface area (Å²) in [5.74, 6) is -0.805. The van der Waals surface area contributed by atoms with Crippen molar-refractivity contribution in [3.8, 4) is 5.75 Å². The van der Waals surface area contributed by atoms with Crippen LogP contribution in [0, 0.1) is 0 Å². The van der Waals surface area contributed by atoms with Crippen LogP contribution in [0.15, 0.2) is 23.6 Å². The Morgan fingerprint density at radius 2 is 2.00 bits per heavy atom. The smallest absolute Gasteiger partial charge is 0.140 e. The van der Waals surface area contributed by atoms with Crippen molar-refractivity contribution in [2.24, 2.45) is 0 Å². The predicted octanol–water partition coefficient (Wildman–Crippen LogP) is 2.39. The molecule has 0 spiro atoms. The van der Waals surface area contributed by atoms with Gasteiger partial charge in [-0.25, -0.2) is 4.98 Å². The molecular formula is C11H6Cl2NO3S-. The Morgan fingerprint density at radius 1 is 1.33 bits per heavy atom. The first-order valence-electron chi connectivity index (χ1n) is 4.79. The second-order valence-electron chi connectivity index (χ2n) is 3.31. The molecule has 1 heterocycles. The number of carboxylic acid groups (broad SMARTS) is 1. The van der Waals surface area contributed by atoms with Gasteiger partial charge in [0.25, 0.3) is 0 Å². The van der Waals surface area contributed by atoms with Gasteiger partial charge in [-0.1, -0.05) is 23.2 Å². The number of hydrogen-bond acceptors (Lipinski definition) is 5. The molecule has 0 bridgehead atoms. The van der Waals surface area contributed by atoms with Crippen LogP contribution in [0.2, 0.25) is 10.0 Å². The molecule has 94 valence electrons. The van der Waals surface area contributed by atoms with E-state index in [0.29, 0.717) is 20.8 Å². The number of aromatic nitrogens is 1. The fourth-order valence-electron chi connectivity index (χ4n) is 1.23. The predicted molar refractivity (Wildman–Crippen MR) is 67.2 cm³/mol. The molecule has 18 heavy (non-hydrogen) atoms. The van der Waals surface area contributed by atoms with E-state index in [-0.39, 0.29) is 12.3 Å². The van der Waals surface area contributed by atoms with E-state index in [1.807, 2.05) is 0 Å². The first kappa shape index (κ1) is 13.1. The zero-order chi connectivity index (χ0) is 13.1. The minimum Gasteiger partial charge on any atom is -0.543 e. The maximum atomic E-state index is 10.5. The summed E-state index contributed by atoms with van der Waals surface area (Å²) >= 11 is 12.8. The maximum absolute atomic E-state index is 10.5. The number of ether oxygens (including phenoxy) is 1. The van der Waals surface area contributed by atoms with E-state index in [9.17, 15) is 9.90 Å². The third-order valence-electron chi connectivity index (χ3n) is 1.96. The number of aromatic carboxylic acids is 1. The third kappa shape index (κ3) is 3.35. The molecule has 0 atom stereocenters. The molecule has 0 N–H and O–H groups in total. The van der Waals surface area contributed by atoms with Gasteiger partial charge in [0.05, 0.1) is 11.7 Å². The molecule has 0 radical (unpaired) electrons. The quantitative estimate of drug-likeness (QED) is 0.870. The molecule has 4 nitrogen and oxygen atoms in total. The van der Waals surface area contributed by atoms with E-state index in [0.717, 1.165) is 0 Å². The van der Waals surface area contributed by atoms with Gasteiger partial charge < -0.3 is 14.6 Å². The molecule has 0 aliphatic heterocycles. The number of nitrogens with zero attached hydrogens (tertiary/aromatic N) is 1. The van der Waals surface area contributed by atoms with E-state index in [4.69, 9.17) is 27.9 Å². The molecule has 0 saturated carbocycles. The number of hydrogen-bond donors (Lipinski definition) is 0. The summed E-state index contributed by atoms with van der Waals surface area (Å²) in [6, 6.07) is 4.81. The largest absolute Gasteiger partial charge is 0.543 e. The van der Waals surface area contributed by atoms with E-state index in [1.165, 1.54) is 16.7 Å². The number of carbonyl (C=O) groups excluding carboxylic acids is 1. The molecule has 0 aliphatic rings. The number of carbonyl (C=O) groups is 1. The van der Waals surface area contributed by atoms with Crippen LogP contribution in [0.5, 0.6) is 5.75 Å². The first-order chi connectivity index (χ1) is 8.54. The van der Waals surface area contributed by atoms with Crippen molar-refractivity contribution >= 4 is 40.5 Å². The molecule has 0 aliphatic carbocycles. The van der Waals surface area contributed by atoms with Gasteiger partial charge in [0.15, 0.2) is 0 Å². The lowest BCUT2D eigenvalue weighted by atomic mass is 10.3. The van der Waals surface area contributed by atoms with Gasteiger partial charge in [-0.3, -0.25) is 0 Å². The Bertz CT molecular complexity index is 565. The van der Waals surface area contributed by atoms with E-state index in [2.05, 4.69) is 4.98 Å². The van der Waals surface area contributed by atoms with Crippen molar-refractivity contribution in [3.63, 3.8) is 0 Å². The van der Waals surface area contributed by atoms with Crippen molar-refractivity contribution in [1.82, 2.24) is 4.98 Å². The van der Waals surface area contributed by atoms with Crippen LogP contribution in [0.25, 0.3) is 0 Å². The number of thiazole rings is 1. The topological polar surface area (TPSA) is 62.2 Å². The summed E-state index contributed by atoms with van der Waals surface area (Å²) in [6.07, 6.45) is 0. The van der Waals surface area contributed by atoms with Crippen LogP contribution in [0.3, 0.4) is 0 Å². The van der Waals surface area contributed by atoms with E-state index < -0.39 is 5.97 Å². The Hall–Kier alpha value is -1.30. The van der Waals surface area contributed by atoms with Crippen LogP contribution in [-0.4, -0.2) is 11.0 Å². The highest BCUT2D eigenvalue weighted by Crippen LogP contribution is 2.25. The molecular weight excluding hydrogens is 297 g/mol. The zero-order valence-electron chi connectivity index (χ0n) is 8.85. The highest BCUT2D eigenvalue weighted by Gasteiger charge is 2.05. The number of rotatable bonds is 4. The molecule has 2 rings (SSSR count). The standard InChI is InChI=1S/C11H7Cl2NO3S/c12-6-1-7(13)3-8(2-6)17-4-10-14-9(5-18-10)11(15)16/h1-3,5H,4H2,(H,15,16)/p-1. The van der Waals surface area contributed by atoms with E-state index >= 15 is 0 Å². The van der Waals surface area contributed by atoms with Crippen LogP contribution in [0.4, 0.5) is 0 Å². The van der Waals surface area contributed by atoms with Crippen molar-refractivity contribution in [2.45, 2.75) is 6.61 Å². The summed E-state index contributed by atoms with van der Waals surface area (Å²) in [7, 11) is 0. The fraction of sp³-hybridized carbons (Fsp3) is 0.0909. The Balaban J connectivity index is 2.04. The third-order valence-corrected chi connectivity index (χ3v) is 3.22. The van der Waals surface area contributed by atoms with Crippen LogP contribution < -0.4 is 9.84 Å². The normalized spacial score (nSPS) is 10.3. The summed E-state index contributed by atoms with van der Waals surface area (Å²) < 4.78 is 5.41. The molecule has 0 unspecified atom stereocenters. The van der Waals surface area contributed by atoms with Crippen LogP contribution in [-0.2, 0) is 6.61 Å². The lowest BCUT2D eigenvalue weighted by molar-refractivity contribution is -0.255. The van der Waals surface area contributed by atoms with Crippen LogP contribution >= 0.6 is 34.5 Å². The molecule has 1 aromatic carbocycles. The number of benzene rings is 1. The summed E-state index contributed by atoms with van der Waals surface area (Å²) in [4.78, 5) is 14.4. The average Bonchev–Trinajstić information content (AvgIpc) is 2.73.